The fourth-order valence-corrected chi connectivity index (χ4v) is 13.6. The number of aliphatic carboxylic acids is 1. The standard InChI is InChI=1S/C35H29N3O6.C25H25N3O3.C20H22O4.C15H9N3O3.H4N2/c1-20(39)43-30(23-9-7-8-22(18-23)21-12-14-24(15-13-21)35(2,3)4)32(40)36-25-16-17-28-29(19-25)44-37-31(28)38-33(41)26-10-5-6-11-27(26)34(38)42;1-25(2,3)18-9-7-15(8-10-18)16-5-4-6-17(13-16)22(29)24(30)27-19-11-12-20-21(14-19)31-28-23(20)26;1-13(21)24-18(19(22)23)16-7-5-6-15(12-16)14-8-10-17(11-9-14)20(2,3)4;16-8-5-6-11-12(7-8)21-17-13(11)18-14(19)9-3-1-2-4-10(9)15(18)20;1-2/h5-19,30H,1-4H3,(H,36,40);4-14,22,29H,1-3H3,(H2,26,28)(H,27,30);5-12,18H,1-4H3,(H,22,23);1-7H,16H2;1-2H2. The third-order valence-electron chi connectivity index (χ3n) is 20.1. The maximum atomic E-state index is 13.5. The predicted molar refractivity (Wildman–Crippen MR) is 465 cm³/mol. The van der Waals surface area contributed by atoms with Crippen LogP contribution in [0, 0.1) is 0 Å². The van der Waals surface area contributed by atoms with Gasteiger partial charge in [-0.05, 0) is 151 Å². The number of benzene rings is 11. The second kappa shape index (κ2) is 36.0. The van der Waals surface area contributed by atoms with Crippen LogP contribution in [0.3, 0.4) is 0 Å². The molecule has 3 atom stereocenters. The van der Waals surface area contributed by atoms with Crippen LogP contribution in [0.15, 0.2) is 262 Å². The molecule has 0 aliphatic carbocycles. The molecule has 11 aromatic carbocycles. The smallest absolute Gasteiger partial charge is 0.349 e. The fourth-order valence-electron chi connectivity index (χ4n) is 13.6. The number of anilines is 6. The van der Waals surface area contributed by atoms with Gasteiger partial charge in [-0.25, -0.2) is 14.6 Å². The van der Waals surface area contributed by atoms with Crippen molar-refractivity contribution in [1.82, 2.24) is 15.5 Å². The highest BCUT2D eigenvalue weighted by molar-refractivity contribution is 6.36. The van der Waals surface area contributed by atoms with Crippen LogP contribution in [-0.2, 0) is 49.7 Å². The van der Waals surface area contributed by atoms with Gasteiger partial charge in [0.2, 0.25) is 12.2 Å². The molecule has 12 N–H and O–H groups in total. The highest BCUT2D eigenvalue weighted by atomic mass is 16.6. The summed E-state index contributed by atoms with van der Waals surface area (Å²) in [4.78, 5) is 113. The number of nitrogens with one attached hydrogen (secondary N) is 2. The van der Waals surface area contributed by atoms with Crippen molar-refractivity contribution in [3.63, 3.8) is 0 Å². The van der Waals surface area contributed by atoms with Crippen LogP contribution in [-0.4, -0.2) is 79.0 Å². The zero-order valence-electron chi connectivity index (χ0n) is 68.6. The number of hydrogen-bond acceptors (Lipinski definition) is 22. The van der Waals surface area contributed by atoms with E-state index in [2.05, 4.69) is 149 Å². The first kappa shape index (κ1) is 86.3. The van der Waals surface area contributed by atoms with Crippen LogP contribution in [0.5, 0.6) is 0 Å². The molecule has 27 nitrogen and oxygen atoms in total. The van der Waals surface area contributed by atoms with Gasteiger partial charge in [0.05, 0.1) is 38.4 Å². The van der Waals surface area contributed by atoms with E-state index in [4.69, 9.17) is 34.5 Å². The number of imide groups is 2. The van der Waals surface area contributed by atoms with Crippen molar-refractivity contribution >= 4 is 121 Å². The lowest BCUT2D eigenvalue weighted by molar-refractivity contribution is -0.163. The van der Waals surface area contributed by atoms with Gasteiger partial charge in [0.1, 0.15) is 0 Å². The molecule has 0 saturated carbocycles. The topological polar surface area (TPSA) is 425 Å². The summed E-state index contributed by atoms with van der Waals surface area (Å²) >= 11 is 0. The van der Waals surface area contributed by atoms with Crippen LogP contribution < -0.4 is 43.6 Å². The highest BCUT2D eigenvalue weighted by Crippen LogP contribution is 2.39. The number of nitrogens with zero attached hydrogens (tertiary/aromatic N) is 5. The Morgan fingerprint density at radius 2 is 0.721 bits per heavy atom. The minimum atomic E-state index is -1.32. The zero-order valence-corrected chi connectivity index (χ0v) is 68.6. The van der Waals surface area contributed by atoms with Gasteiger partial charge in [-0.2, -0.15) is 0 Å². The summed E-state index contributed by atoms with van der Waals surface area (Å²) in [6.45, 7) is 21.9. The van der Waals surface area contributed by atoms with Crippen molar-refractivity contribution in [1.29, 1.82) is 0 Å². The summed E-state index contributed by atoms with van der Waals surface area (Å²) in [5.74, 6) is 3.24. The maximum absolute atomic E-state index is 13.5. The van der Waals surface area contributed by atoms with E-state index >= 15 is 0 Å². The molecule has 0 radical (unpaired) electrons. The highest BCUT2D eigenvalue weighted by Gasteiger charge is 2.41. The zero-order chi connectivity index (χ0) is 87.8. The van der Waals surface area contributed by atoms with Gasteiger partial charge in [-0.1, -0.05) is 229 Å². The van der Waals surface area contributed by atoms with Gasteiger partial charge in [-0.3, -0.25) is 50.0 Å². The predicted octanol–water partition coefficient (Wildman–Crippen LogP) is 17.3. The fraction of sp³-hybridized carbons (Fsp3) is 0.179. The monoisotopic (exact) mass is 1640 g/mol. The van der Waals surface area contributed by atoms with Crippen molar-refractivity contribution in [2.24, 2.45) is 11.7 Å². The number of carboxylic acids is 1. The molecule has 27 heteroatoms. The minimum absolute atomic E-state index is 0.0179. The third-order valence-corrected chi connectivity index (χ3v) is 20.1. The molecule has 16 rings (SSSR count). The van der Waals surface area contributed by atoms with Crippen molar-refractivity contribution in [2.45, 2.75) is 111 Å². The summed E-state index contributed by atoms with van der Waals surface area (Å²) in [7, 11) is 0. The number of carboxylic acid groups (broad SMARTS) is 1. The Hall–Kier alpha value is -15.1. The number of fused-ring (bicyclic) bond motifs is 5. The summed E-state index contributed by atoms with van der Waals surface area (Å²) in [5.41, 5.74) is 26.2. The number of carbonyl (C=O) groups is 9. The number of rotatable bonds is 15. The molecule has 0 fully saturated rings. The van der Waals surface area contributed by atoms with Gasteiger partial charge >= 0.3 is 17.9 Å². The summed E-state index contributed by atoms with van der Waals surface area (Å²) in [6.07, 6.45) is -3.83. The van der Waals surface area contributed by atoms with Crippen LogP contribution in [0.25, 0.3) is 66.3 Å². The molecule has 0 bridgehead atoms. The van der Waals surface area contributed by atoms with Gasteiger partial charge < -0.3 is 55.4 Å². The number of hydrazine groups is 1. The lowest BCUT2D eigenvalue weighted by Crippen LogP contribution is -2.29. The van der Waals surface area contributed by atoms with Crippen LogP contribution in [0.4, 0.5) is 34.5 Å². The maximum Gasteiger partial charge on any atom is 0.349 e. The van der Waals surface area contributed by atoms with E-state index in [0.717, 1.165) is 43.2 Å². The average Bonchev–Trinajstić information content (AvgIpc) is 1.60. The van der Waals surface area contributed by atoms with Crippen LogP contribution in [0.2, 0.25) is 0 Å². The molecule has 122 heavy (non-hydrogen) atoms. The Morgan fingerprint density at radius 1 is 0.385 bits per heavy atom. The summed E-state index contributed by atoms with van der Waals surface area (Å²) < 4.78 is 26.1. The molecule has 2 aliphatic heterocycles. The Morgan fingerprint density at radius 3 is 1.11 bits per heavy atom. The largest absolute Gasteiger partial charge is 0.478 e. The Kier molecular flexibility index (Phi) is 25.5. The molecular weight excluding hydrogens is 1550 g/mol. The number of hydrogen-bond donors (Lipinski definition) is 8. The van der Waals surface area contributed by atoms with Crippen molar-refractivity contribution < 1.29 is 76.4 Å². The molecule has 3 unspecified atom stereocenters. The lowest BCUT2D eigenvalue weighted by atomic mass is 9.86. The molecule has 0 saturated heterocycles. The summed E-state index contributed by atoms with van der Waals surface area (Å²) in [6, 6.07) is 74.4. The van der Waals surface area contributed by atoms with E-state index in [9.17, 15) is 53.4 Å². The number of aliphatic hydroxyl groups excluding tert-OH is 1. The Balaban J connectivity index is 0.000000154. The molecule has 0 spiro atoms. The van der Waals surface area contributed by atoms with E-state index in [-0.39, 0.29) is 33.5 Å². The SMILES string of the molecule is CC(=O)OC(C(=O)Nc1ccc2c(N3C(=O)c4ccccc4C3=O)noc2c1)c1cccc(-c2ccc(C(C)(C)C)cc2)c1.CC(=O)OC(C(=O)O)c1cccc(-c2ccc(C(C)(C)C)cc2)c1.CC(C)(C)c1ccc(-c2cccc(C(O)C(=O)Nc3ccc4c(N)noc4c3)c2)cc1.NN.Nc1ccc2c(N3C(=O)c4ccccc4C3=O)noc2c1. The third kappa shape index (κ3) is 19.2. The molecule has 6 amide bonds. The molecular formula is C95H89N11O16. The quantitative estimate of drug-likeness (QED) is 0.0155. The number of aliphatic hydroxyl groups is 1. The molecule has 2 aliphatic rings. The number of nitrogen functional groups attached to an aromatic ring is 2. The first-order valence-electron chi connectivity index (χ1n) is 38.6. The van der Waals surface area contributed by atoms with Crippen molar-refractivity contribution in [3.05, 3.63) is 304 Å². The molecule has 5 heterocycles. The van der Waals surface area contributed by atoms with Crippen LogP contribution in [0.1, 0.15) is 169 Å². The molecule has 14 aromatic rings. The number of esters is 2. The first-order chi connectivity index (χ1) is 58.1. The molecule has 3 aromatic heterocycles. The number of aromatic nitrogens is 3. The van der Waals surface area contributed by atoms with Crippen LogP contribution >= 0.6 is 0 Å². The number of nitrogens with two attached hydrogens (primary N) is 4. The van der Waals surface area contributed by atoms with Gasteiger partial charge in [-0.15, -0.1) is 0 Å². The number of amides is 6. The first-order valence-corrected chi connectivity index (χ1v) is 38.6. The lowest BCUT2D eigenvalue weighted by Gasteiger charge is -2.20. The van der Waals surface area contributed by atoms with Gasteiger partial charge in [0.25, 0.3) is 35.4 Å². The summed E-state index contributed by atoms with van der Waals surface area (Å²) in [5, 5.41) is 38.6. The minimum Gasteiger partial charge on any atom is -0.478 e. The number of ether oxygens (including phenoxy) is 2. The Bertz CT molecular complexity index is 6260. The molecule has 620 valence electrons. The van der Waals surface area contributed by atoms with E-state index in [1.165, 1.54) is 36.6 Å². The van der Waals surface area contributed by atoms with Gasteiger partial charge in [0.15, 0.2) is 40.3 Å². The second-order valence-corrected chi connectivity index (χ2v) is 31.8. The van der Waals surface area contributed by atoms with E-state index in [1.54, 1.807) is 127 Å². The van der Waals surface area contributed by atoms with Gasteiger partial charge in [0, 0.05) is 60.2 Å². The van der Waals surface area contributed by atoms with E-state index in [1.807, 2.05) is 66.7 Å². The Labute approximate surface area is 701 Å². The average molecular weight is 1640 g/mol. The normalized spacial score (nSPS) is 13.0. The van der Waals surface area contributed by atoms with E-state index < -0.39 is 71.7 Å². The van der Waals surface area contributed by atoms with E-state index in [0.29, 0.717) is 89.1 Å². The van der Waals surface area contributed by atoms with Crippen molar-refractivity contribution in [3.8, 4) is 33.4 Å². The van der Waals surface area contributed by atoms with Crippen molar-refractivity contribution in [2.75, 3.05) is 31.9 Å². The second-order valence-electron chi connectivity index (χ2n) is 31.8. The number of carbonyl (C=O) groups excluding carboxylic acids is 8.